The summed E-state index contributed by atoms with van der Waals surface area (Å²) in [5, 5.41) is -1.46. The van der Waals surface area contributed by atoms with Gasteiger partial charge in [-0.05, 0) is 68.7 Å². The largest absolute Gasteiger partial charge is 0.147 e. The van der Waals surface area contributed by atoms with Gasteiger partial charge in [-0.1, -0.05) is 85.3 Å². The third-order valence-electron chi connectivity index (χ3n) is 4.73. The van der Waals surface area contributed by atoms with Gasteiger partial charge in [0.25, 0.3) is 0 Å². The molecular weight excluding hydrogens is 415 g/mol. The Balaban J connectivity index is 2.02. The van der Waals surface area contributed by atoms with Crippen molar-refractivity contribution >= 4 is 40.2 Å². The molecule has 1 atom stereocenters. The summed E-state index contributed by atoms with van der Waals surface area (Å²) in [5.41, 5.74) is 5.52. The topological polar surface area (TPSA) is 0 Å². The van der Waals surface area contributed by atoms with Crippen molar-refractivity contribution < 1.29 is 0 Å². The highest BCUT2D eigenvalue weighted by Gasteiger charge is 2.22. The van der Waals surface area contributed by atoms with E-state index in [1.54, 1.807) is 0 Å². The standard InChI is InChI=1S/C24H35PS3/c1-19(2)18-27-22(5)28-25(26,16-14-23-10-6-20(3)7-11-23)17-15-24-12-8-21(4)9-13-24/h6-13,19,22H,14-18H2,1-5H3. The molecule has 4 heteroatoms. The fourth-order valence-corrected chi connectivity index (χ4v) is 13.3. The average Bonchev–Trinajstić information content (AvgIpc) is 2.66. The zero-order chi connectivity index (χ0) is 20.6. The van der Waals surface area contributed by atoms with Crippen LogP contribution in [0.15, 0.2) is 48.5 Å². The highest BCUT2D eigenvalue weighted by molar-refractivity contribution is 8.72. The Kier molecular flexibility index (Phi) is 10.2. The van der Waals surface area contributed by atoms with Gasteiger partial charge >= 0.3 is 0 Å². The third-order valence-corrected chi connectivity index (χ3v) is 14.7. The second kappa shape index (κ2) is 11.8. The van der Waals surface area contributed by atoms with E-state index in [1.807, 2.05) is 0 Å². The van der Waals surface area contributed by atoms with Crippen molar-refractivity contribution in [1.29, 1.82) is 0 Å². The summed E-state index contributed by atoms with van der Waals surface area (Å²) >= 11 is 10.6. The minimum Gasteiger partial charge on any atom is -0.147 e. The van der Waals surface area contributed by atoms with Crippen LogP contribution < -0.4 is 0 Å². The number of aryl methyl sites for hydroxylation is 4. The molecule has 28 heavy (non-hydrogen) atoms. The van der Waals surface area contributed by atoms with Crippen molar-refractivity contribution in [3.05, 3.63) is 70.8 Å². The van der Waals surface area contributed by atoms with Crippen LogP contribution in [0.2, 0.25) is 0 Å². The lowest BCUT2D eigenvalue weighted by atomic mass is 10.1. The van der Waals surface area contributed by atoms with E-state index in [1.165, 1.54) is 28.0 Å². The maximum atomic E-state index is 6.37. The Bertz CT molecular complexity index is 697. The summed E-state index contributed by atoms with van der Waals surface area (Å²) in [7, 11) is 0. The first-order chi connectivity index (χ1) is 13.3. The van der Waals surface area contributed by atoms with Gasteiger partial charge in [-0.25, -0.2) is 0 Å². The van der Waals surface area contributed by atoms with Gasteiger partial charge in [-0.15, -0.1) is 23.1 Å². The molecule has 0 spiro atoms. The molecule has 0 nitrogen and oxygen atoms in total. The Morgan fingerprint density at radius 2 is 1.21 bits per heavy atom. The fraction of sp³-hybridized carbons (Fsp3) is 0.500. The molecule has 0 saturated carbocycles. The molecule has 0 fully saturated rings. The summed E-state index contributed by atoms with van der Waals surface area (Å²) in [5.74, 6) is 1.96. The molecule has 0 amide bonds. The second-order valence-corrected chi connectivity index (χ2v) is 18.8. The third kappa shape index (κ3) is 9.08. The molecule has 0 saturated heterocycles. The quantitative estimate of drug-likeness (QED) is 0.252. The zero-order valence-corrected chi connectivity index (χ0v) is 21.3. The van der Waals surface area contributed by atoms with E-state index < -0.39 is 5.24 Å². The molecule has 154 valence electrons. The van der Waals surface area contributed by atoms with Gasteiger partial charge in [0.2, 0.25) is 0 Å². The van der Waals surface area contributed by atoms with E-state index in [2.05, 4.69) is 106 Å². The number of thioether (sulfide) groups is 1. The van der Waals surface area contributed by atoms with Gasteiger partial charge < -0.3 is 0 Å². The van der Waals surface area contributed by atoms with E-state index >= 15 is 0 Å². The summed E-state index contributed by atoms with van der Waals surface area (Å²) in [6.07, 6.45) is 4.54. The van der Waals surface area contributed by atoms with Crippen molar-refractivity contribution in [2.45, 2.75) is 52.0 Å². The van der Waals surface area contributed by atoms with Crippen molar-refractivity contribution in [2.75, 3.05) is 18.1 Å². The minimum absolute atomic E-state index is 0.587. The first-order valence-electron chi connectivity index (χ1n) is 10.2. The first-order valence-corrected chi connectivity index (χ1v) is 16.0. The van der Waals surface area contributed by atoms with E-state index in [0.29, 0.717) is 4.58 Å². The van der Waals surface area contributed by atoms with Crippen molar-refractivity contribution in [2.24, 2.45) is 5.92 Å². The predicted molar refractivity (Wildman–Crippen MR) is 138 cm³/mol. The van der Waals surface area contributed by atoms with Gasteiger partial charge in [0, 0.05) is 5.24 Å². The number of hydrogen-bond acceptors (Lipinski definition) is 3. The summed E-state index contributed by atoms with van der Waals surface area (Å²) in [6, 6.07) is 18.0. The summed E-state index contributed by atoms with van der Waals surface area (Å²) < 4.78 is 0.587. The molecule has 0 heterocycles. The van der Waals surface area contributed by atoms with Gasteiger partial charge in [-0.3, -0.25) is 0 Å². The summed E-state index contributed by atoms with van der Waals surface area (Å²) in [4.78, 5) is 0. The Labute approximate surface area is 186 Å². The maximum Gasteiger partial charge on any atom is 0.0523 e. The van der Waals surface area contributed by atoms with Crippen LogP contribution in [-0.4, -0.2) is 22.7 Å². The fourth-order valence-electron chi connectivity index (χ4n) is 2.95. The van der Waals surface area contributed by atoms with Crippen LogP contribution >= 0.6 is 28.4 Å². The van der Waals surface area contributed by atoms with Crippen LogP contribution in [0.4, 0.5) is 0 Å². The zero-order valence-electron chi connectivity index (χ0n) is 18.0. The second-order valence-electron chi connectivity index (χ2n) is 8.13. The smallest absolute Gasteiger partial charge is 0.0523 e. The molecular formula is C24H35PS3. The van der Waals surface area contributed by atoms with E-state index in [9.17, 15) is 0 Å². The normalized spacial score (nSPS) is 13.1. The molecule has 0 N–H and O–H groups in total. The highest BCUT2D eigenvalue weighted by atomic mass is 32.9. The molecule has 2 aromatic rings. The van der Waals surface area contributed by atoms with Crippen molar-refractivity contribution in [3.8, 4) is 0 Å². The van der Waals surface area contributed by atoms with E-state index in [-0.39, 0.29) is 0 Å². The van der Waals surface area contributed by atoms with Gasteiger partial charge in [-0.2, -0.15) is 0 Å². The van der Waals surface area contributed by atoms with Crippen LogP contribution in [-0.2, 0) is 24.6 Å². The van der Waals surface area contributed by atoms with Gasteiger partial charge in [0.05, 0.1) is 4.58 Å². The molecule has 0 aromatic heterocycles. The van der Waals surface area contributed by atoms with Crippen molar-refractivity contribution in [1.82, 2.24) is 0 Å². The molecule has 2 aromatic carbocycles. The predicted octanol–water partition coefficient (Wildman–Crippen LogP) is 7.95. The lowest BCUT2D eigenvalue weighted by molar-refractivity contribution is 0.750. The minimum atomic E-state index is -1.46. The molecule has 0 aliphatic heterocycles. The molecule has 0 bridgehead atoms. The molecule has 0 radical (unpaired) electrons. The Hall–Kier alpha value is -0.210. The van der Waals surface area contributed by atoms with Crippen LogP contribution in [0.5, 0.6) is 0 Å². The average molecular weight is 451 g/mol. The number of hydrogen-bond donors (Lipinski definition) is 0. The summed E-state index contributed by atoms with van der Waals surface area (Å²) in [6.45, 7) is 11.3. The molecule has 2 rings (SSSR count). The first kappa shape index (κ1) is 24.1. The molecule has 0 aliphatic rings. The van der Waals surface area contributed by atoms with Crippen molar-refractivity contribution in [3.63, 3.8) is 0 Å². The Morgan fingerprint density at radius 3 is 1.61 bits per heavy atom. The van der Waals surface area contributed by atoms with E-state index in [4.69, 9.17) is 11.8 Å². The monoisotopic (exact) mass is 450 g/mol. The number of benzene rings is 2. The SMILES string of the molecule is Cc1ccc(CCP(=S)(CCc2ccc(C)cc2)SC(C)SCC(C)C)cc1. The highest BCUT2D eigenvalue weighted by Crippen LogP contribution is 2.62. The number of rotatable bonds is 11. The molecule has 1 unspecified atom stereocenters. The Morgan fingerprint density at radius 1 is 0.786 bits per heavy atom. The molecule has 0 aliphatic carbocycles. The van der Waals surface area contributed by atoms with Crippen LogP contribution in [0, 0.1) is 19.8 Å². The maximum absolute atomic E-state index is 6.37. The van der Waals surface area contributed by atoms with Crippen LogP contribution in [0.25, 0.3) is 0 Å². The van der Waals surface area contributed by atoms with Gasteiger partial charge in [0.15, 0.2) is 0 Å². The van der Waals surface area contributed by atoms with Gasteiger partial charge in [0.1, 0.15) is 0 Å². The lowest BCUT2D eigenvalue weighted by Gasteiger charge is -2.25. The van der Waals surface area contributed by atoms with E-state index in [0.717, 1.165) is 31.1 Å². The van der Waals surface area contributed by atoms with Crippen LogP contribution in [0.3, 0.4) is 0 Å². The van der Waals surface area contributed by atoms with Crippen LogP contribution in [0.1, 0.15) is 43.0 Å². The lowest BCUT2D eigenvalue weighted by Crippen LogP contribution is -2.03.